The maximum absolute atomic E-state index is 12.9. The number of para-hydroxylation sites is 1. The van der Waals surface area contributed by atoms with Gasteiger partial charge >= 0.3 is 0 Å². The molecule has 1 amide bonds. The fourth-order valence-electron chi connectivity index (χ4n) is 6.72. The van der Waals surface area contributed by atoms with Gasteiger partial charge in [0, 0.05) is 36.0 Å². The molecule has 0 unspecified atom stereocenters. The van der Waals surface area contributed by atoms with Gasteiger partial charge in [-0.1, -0.05) is 30.4 Å². The Bertz CT molecular complexity index is 861. The zero-order valence-corrected chi connectivity index (χ0v) is 14.2. The van der Waals surface area contributed by atoms with E-state index in [-0.39, 0.29) is 23.3 Å². The van der Waals surface area contributed by atoms with Gasteiger partial charge in [-0.05, 0) is 36.6 Å². The number of hydrogen-bond acceptors (Lipinski definition) is 3. The minimum atomic E-state index is -0.889. The first-order valence-corrected chi connectivity index (χ1v) is 9.32. The predicted octanol–water partition coefficient (Wildman–Crippen LogP) is 1.99. The summed E-state index contributed by atoms with van der Waals surface area (Å²) in [5.41, 5.74) is 2.82. The minimum absolute atomic E-state index is 0.00247. The van der Waals surface area contributed by atoms with Crippen molar-refractivity contribution < 1.29 is 9.90 Å². The number of carbonyl (C=O) groups is 1. The first kappa shape index (κ1) is 14.3. The van der Waals surface area contributed by atoms with Crippen LogP contribution in [0, 0.1) is 5.92 Å². The molecule has 4 heterocycles. The number of rotatable bonds is 1. The van der Waals surface area contributed by atoms with Crippen molar-refractivity contribution in [1.82, 2.24) is 4.90 Å². The van der Waals surface area contributed by atoms with Crippen LogP contribution in [0.3, 0.4) is 0 Å². The van der Waals surface area contributed by atoms with Crippen molar-refractivity contribution >= 4 is 11.6 Å². The van der Waals surface area contributed by atoms with Gasteiger partial charge < -0.3 is 10.0 Å². The Kier molecular flexibility index (Phi) is 2.43. The highest BCUT2D eigenvalue weighted by Gasteiger charge is 2.69. The van der Waals surface area contributed by atoms with Gasteiger partial charge in [-0.2, -0.15) is 0 Å². The number of anilines is 1. The lowest BCUT2D eigenvalue weighted by Gasteiger charge is -2.58. The van der Waals surface area contributed by atoms with Crippen molar-refractivity contribution in [3.63, 3.8) is 0 Å². The van der Waals surface area contributed by atoms with E-state index in [1.165, 1.54) is 11.1 Å². The van der Waals surface area contributed by atoms with Crippen molar-refractivity contribution in [3.8, 4) is 0 Å². The summed E-state index contributed by atoms with van der Waals surface area (Å²) in [4.78, 5) is 17.4. The van der Waals surface area contributed by atoms with Gasteiger partial charge in [-0.15, -0.1) is 6.58 Å². The Morgan fingerprint density at radius 1 is 1.32 bits per heavy atom. The standard InChI is InChI=1S/C21H22N2O2/c1-2-20(25)12-22-10-9-21-14-5-3-4-6-16(14)23-18(24)8-7-13(19(21)23)15(20)11-17(21)22/h2-7,15,17,19,25H,1,8-12H2/t15-,17+,19+,20-,21-/m1/s1. The topological polar surface area (TPSA) is 43.8 Å². The van der Waals surface area contributed by atoms with Crippen molar-refractivity contribution in [3.05, 3.63) is 54.1 Å². The van der Waals surface area contributed by atoms with Crippen LogP contribution in [0.4, 0.5) is 5.69 Å². The van der Waals surface area contributed by atoms with Crippen LogP contribution >= 0.6 is 0 Å². The van der Waals surface area contributed by atoms with Crippen LogP contribution in [-0.4, -0.2) is 46.7 Å². The van der Waals surface area contributed by atoms with Gasteiger partial charge in [-0.25, -0.2) is 0 Å². The third kappa shape index (κ3) is 1.39. The highest BCUT2D eigenvalue weighted by Crippen LogP contribution is 2.64. The lowest BCUT2D eigenvalue weighted by atomic mass is 9.55. The molecule has 0 aromatic heterocycles. The monoisotopic (exact) mass is 334 g/mol. The van der Waals surface area contributed by atoms with Crippen molar-refractivity contribution in [2.75, 3.05) is 18.0 Å². The lowest BCUT2D eigenvalue weighted by molar-refractivity contribution is -0.119. The van der Waals surface area contributed by atoms with Crippen LogP contribution < -0.4 is 4.90 Å². The maximum Gasteiger partial charge on any atom is 0.231 e. The summed E-state index contributed by atoms with van der Waals surface area (Å²) in [6.45, 7) is 5.59. The quantitative estimate of drug-likeness (QED) is 0.799. The number of nitrogens with zero attached hydrogens (tertiary/aromatic N) is 2. The van der Waals surface area contributed by atoms with E-state index in [1.54, 1.807) is 6.08 Å². The Morgan fingerprint density at radius 3 is 3.00 bits per heavy atom. The molecule has 4 aliphatic heterocycles. The number of fused-ring (bicyclic) bond motifs is 4. The molecule has 1 aromatic carbocycles. The first-order chi connectivity index (χ1) is 12.1. The van der Waals surface area contributed by atoms with Gasteiger partial charge in [0.1, 0.15) is 5.60 Å². The number of piperidine rings is 1. The molecule has 2 bridgehead atoms. The maximum atomic E-state index is 12.9. The Labute approximate surface area is 147 Å². The Hall–Kier alpha value is -1.91. The van der Waals surface area contributed by atoms with Crippen molar-refractivity contribution in [2.45, 2.75) is 42.4 Å². The van der Waals surface area contributed by atoms with E-state index in [4.69, 9.17) is 0 Å². The zero-order valence-electron chi connectivity index (χ0n) is 14.2. The lowest BCUT2D eigenvalue weighted by Crippen LogP contribution is -2.68. The molecule has 2 saturated heterocycles. The summed E-state index contributed by atoms with van der Waals surface area (Å²) in [5.74, 6) is 0.269. The molecule has 25 heavy (non-hydrogen) atoms. The van der Waals surface area contributed by atoms with Gasteiger partial charge in [0.05, 0.1) is 6.04 Å². The molecule has 1 aliphatic carbocycles. The van der Waals surface area contributed by atoms with Crippen LogP contribution in [-0.2, 0) is 10.2 Å². The second-order valence-corrected chi connectivity index (χ2v) is 8.35. The van der Waals surface area contributed by atoms with E-state index < -0.39 is 5.60 Å². The van der Waals surface area contributed by atoms with Gasteiger partial charge in [0.15, 0.2) is 0 Å². The van der Waals surface area contributed by atoms with E-state index in [0.29, 0.717) is 19.0 Å². The van der Waals surface area contributed by atoms with E-state index in [2.05, 4.69) is 40.7 Å². The summed E-state index contributed by atoms with van der Waals surface area (Å²) in [6, 6.07) is 8.96. The first-order valence-electron chi connectivity index (χ1n) is 9.32. The Morgan fingerprint density at radius 2 is 2.16 bits per heavy atom. The summed E-state index contributed by atoms with van der Waals surface area (Å²) in [7, 11) is 0. The van der Waals surface area contributed by atoms with E-state index in [9.17, 15) is 9.90 Å². The summed E-state index contributed by atoms with van der Waals surface area (Å²) in [6.07, 6.45) is 6.32. The molecule has 5 atom stereocenters. The fraction of sp³-hybridized carbons (Fsp3) is 0.476. The zero-order chi connectivity index (χ0) is 17.0. The SMILES string of the molecule is C=C[C@@]1(O)CN2CC[C@]34c5ccccc5N5C(=O)CC=C([C@H]53)[C@H]1C[C@H]24. The summed E-state index contributed by atoms with van der Waals surface area (Å²) < 4.78 is 0. The molecule has 1 saturated carbocycles. The van der Waals surface area contributed by atoms with Crippen molar-refractivity contribution in [2.24, 2.45) is 5.92 Å². The van der Waals surface area contributed by atoms with Crippen LogP contribution in [0.25, 0.3) is 0 Å². The van der Waals surface area contributed by atoms with E-state index in [0.717, 1.165) is 25.1 Å². The van der Waals surface area contributed by atoms with Gasteiger partial charge in [0.25, 0.3) is 0 Å². The number of carbonyl (C=O) groups excluding carboxylic acids is 1. The second kappa shape index (κ2) is 4.25. The molecule has 1 spiro atoms. The highest BCUT2D eigenvalue weighted by atomic mass is 16.3. The largest absolute Gasteiger partial charge is 0.384 e. The summed E-state index contributed by atoms with van der Waals surface area (Å²) in [5, 5.41) is 11.3. The average molecular weight is 334 g/mol. The van der Waals surface area contributed by atoms with E-state index in [1.807, 2.05) is 6.07 Å². The van der Waals surface area contributed by atoms with E-state index >= 15 is 0 Å². The molecule has 1 aromatic rings. The number of hydrogen-bond donors (Lipinski definition) is 1. The number of benzene rings is 1. The van der Waals surface area contributed by atoms with Gasteiger partial charge in [0.2, 0.25) is 5.91 Å². The average Bonchev–Trinajstić information content (AvgIpc) is 3.16. The third-order valence-electron chi connectivity index (χ3n) is 7.63. The molecule has 6 rings (SSSR count). The number of aliphatic hydroxyl groups is 1. The molecular formula is C21H22N2O2. The molecule has 0 radical (unpaired) electrons. The van der Waals surface area contributed by atoms with Crippen LogP contribution in [0.2, 0.25) is 0 Å². The Balaban J connectivity index is 1.66. The van der Waals surface area contributed by atoms with Gasteiger partial charge in [-0.3, -0.25) is 9.69 Å². The normalized spacial score (nSPS) is 43.6. The molecule has 128 valence electrons. The molecular weight excluding hydrogens is 312 g/mol. The van der Waals surface area contributed by atoms with Crippen molar-refractivity contribution in [1.29, 1.82) is 0 Å². The fourth-order valence-corrected chi connectivity index (χ4v) is 6.72. The molecule has 3 fully saturated rings. The summed E-state index contributed by atoms with van der Waals surface area (Å²) >= 11 is 0. The molecule has 5 aliphatic rings. The predicted molar refractivity (Wildman–Crippen MR) is 95.3 cm³/mol. The minimum Gasteiger partial charge on any atom is -0.384 e. The van der Waals surface area contributed by atoms with Crippen LogP contribution in [0.15, 0.2) is 48.6 Å². The second-order valence-electron chi connectivity index (χ2n) is 8.35. The smallest absolute Gasteiger partial charge is 0.231 e. The van der Waals surface area contributed by atoms with Crippen LogP contribution in [0.1, 0.15) is 24.8 Å². The molecule has 4 nitrogen and oxygen atoms in total. The third-order valence-corrected chi connectivity index (χ3v) is 7.63. The highest BCUT2D eigenvalue weighted by molar-refractivity contribution is 6.00. The molecule has 1 N–H and O–H groups in total. The number of amides is 1. The molecule has 4 heteroatoms. The van der Waals surface area contributed by atoms with Crippen LogP contribution in [0.5, 0.6) is 0 Å².